The van der Waals surface area contributed by atoms with E-state index in [1.807, 2.05) is 13.0 Å². The smallest absolute Gasteiger partial charge is 0.303 e. The number of rotatable bonds is 6. The molecule has 2 rings (SSSR count). The van der Waals surface area contributed by atoms with Crippen LogP contribution in [0.15, 0.2) is 22.9 Å². The number of pyridine rings is 1. The van der Waals surface area contributed by atoms with Crippen molar-refractivity contribution in [3.05, 3.63) is 29.9 Å². The predicted molar refractivity (Wildman–Crippen MR) is 67.5 cm³/mol. The molecule has 2 heterocycles. The number of unbranched alkanes of at least 4 members (excludes halogenated alkanes) is 1. The number of carboxylic acids is 1. The molecule has 0 atom stereocenters. The fourth-order valence-electron chi connectivity index (χ4n) is 1.70. The van der Waals surface area contributed by atoms with Crippen LogP contribution < -0.4 is 0 Å². The van der Waals surface area contributed by atoms with E-state index in [-0.39, 0.29) is 6.42 Å². The van der Waals surface area contributed by atoms with Gasteiger partial charge >= 0.3 is 5.97 Å². The zero-order valence-corrected chi connectivity index (χ0v) is 10.7. The van der Waals surface area contributed by atoms with E-state index < -0.39 is 5.97 Å². The zero-order chi connectivity index (χ0) is 13.7. The van der Waals surface area contributed by atoms with Gasteiger partial charge in [0.25, 0.3) is 0 Å². The van der Waals surface area contributed by atoms with E-state index in [1.165, 1.54) is 0 Å². The third-order valence-corrected chi connectivity index (χ3v) is 2.62. The Morgan fingerprint density at radius 3 is 2.89 bits per heavy atom. The molecular formula is C13H15N3O3. The topological polar surface area (TPSA) is 89.1 Å². The van der Waals surface area contributed by atoms with Crippen molar-refractivity contribution in [2.24, 2.45) is 0 Å². The number of aliphatic carboxylic acids is 1. The molecule has 6 nitrogen and oxygen atoms in total. The number of carbonyl (C=O) groups is 1. The lowest BCUT2D eigenvalue weighted by Crippen LogP contribution is -1.95. The van der Waals surface area contributed by atoms with Crippen LogP contribution in [0.4, 0.5) is 0 Å². The van der Waals surface area contributed by atoms with Gasteiger partial charge in [-0.05, 0) is 31.4 Å². The van der Waals surface area contributed by atoms with Gasteiger partial charge in [0.15, 0.2) is 0 Å². The summed E-state index contributed by atoms with van der Waals surface area (Å²) in [5.74, 6) is 0.198. The summed E-state index contributed by atoms with van der Waals surface area (Å²) in [5.41, 5.74) is 1.82. The van der Waals surface area contributed by atoms with E-state index in [9.17, 15) is 4.79 Å². The predicted octanol–water partition coefficient (Wildman–Crippen LogP) is 2.24. The van der Waals surface area contributed by atoms with E-state index in [2.05, 4.69) is 15.2 Å². The lowest BCUT2D eigenvalue weighted by atomic mass is 10.2. The van der Waals surface area contributed by atoms with Crippen LogP contribution in [0.3, 0.4) is 0 Å². The van der Waals surface area contributed by atoms with Crippen LogP contribution in [0, 0.1) is 6.92 Å². The molecule has 0 spiro atoms. The minimum absolute atomic E-state index is 0.169. The summed E-state index contributed by atoms with van der Waals surface area (Å²) in [7, 11) is 0. The van der Waals surface area contributed by atoms with Crippen LogP contribution in [-0.4, -0.2) is 26.3 Å². The summed E-state index contributed by atoms with van der Waals surface area (Å²) in [6.45, 7) is 1.94. The lowest BCUT2D eigenvalue weighted by Gasteiger charge is -1.96. The minimum Gasteiger partial charge on any atom is -0.481 e. The molecule has 0 aromatic carbocycles. The summed E-state index contributed by atoms with van der Waals surface area (Å²) in [6.07, 6.45) is 5.53. The van der Waals surface area contributed by atoms with Crippen molar-refractivity contribution in [2.75, 3.05) is 0 Å². The van der Waals surface area contributed by atoms with Gasteiger partial charge in [0, 0.05) is 25.2 Å². The molecule has 0 radical (unpaired) electrons. The van der Waals surface area contributed by atoms with Crippen molar-refractivity contribution >= 4 is 5.97 Å². The summed E-state index contributed by atoms with van der Waals surface area (Å²) < 4.78 is 5.52. The van der Waals surface area contributed by atoms with Crippen LogP contribution in [0.2, 0.25) is 0 Å². The average molecular weight is 261 g/mol. The van der Waals surface area contributed by atoms with Crippen LogP contribution in [0.25, 0.3) is 11.5 Å². The normalized spacial score (nSPS) is 10.6. The first-order valence-electron chi connectivity index (χ1n) is 6.11. The van der Waals surface area contributed by atoms with Crippen LogP contribution in [-0.2, 0) is 11.2 Å². The first-order chi connectivity index (χ1) is 9.15. The van der Waals surface area contributed by atoms with Crippen LogP contribution in [0.5, 0.6) is 0 Å². The van der Waals surface area contributed by atoms with Gasteiger partial charge < -0.3 is 9.52 Å². The maximum atomic E-state index is 10.4. The molecule has 0 amide bonds. The molecule has 100 valence electrons. The highest BCUT2D eigenvalue weighted by Crippen LogP contribution is 2.18. The monoisotopic (exact) mass is 261 g/mol. The number of aromatic nitrogens is 3. The van der Waals surface area contributed by atoms with Gasteiger partial charge in [-0.15, -0.1) is 10.2 Å². The SMILES string of the molecule is Cc1cncc(-c2nnc(CCCCC(=O)O)o2)c1. The highest BCUT2D eigenvalue weighted by molar-refractivity contribution is 5.66. The zero-order valence-electron chi connectivity index (χ0n) is 10.7. The van der Waals surface area contributed by atoms with Crippen LogP contribution >= 0.6 is 0 Å². The van der Waals surface area contributed by atoms with Crippen molar-refractivity contribution in [3.63, 3.8) is 0 Å². The minimum atomic E-state index is -0.781. The molecule has 0 bridgehead atoms. The molecule has 0 fully saturated rings. The van der Waals surface area contributed by atoms with Crippen molar-refractivity contribution < 1.29 is 14.3 Å². The standard InChI is InChI=1S/C13H15N3O3/c1-9-6-10(8-14-7-9)13-16-15-11(19-13)4-2-3-5-12(17)18/h6-8H,2-5H2,1H3,(H,17,18). The van der Waals surface area contributed by atoms with E-state index in [0.717, 1.165) is 17.5 Å². The highest BCUT2D eigenvalue weighted by Gasteiger charge is 2.09. The fourth-order valence-corrected chi connectivity index (χ4v) is 1.70. The Morgan fingerprint density at radius 2 is 2.16 bits per heavy atom. The summed E-state index contributed by atoms with van der Waals surface area (Å²) >= 11 is 0. The van der Waals surface area contributed by atoms with E-state index in [0.29, 0.717) is 24.6 Å². The largest absolute Gasteiger partial charge is 0.481 e. The van der Waals surface area contributed by atoms with Gasteiger partial charge in [-0.1, -0.05) is 0 Å². The molecule has 0 aliphatic carbocycles. The van der Waals surface area contributed by atoms with Gasteiger partial charge in [-0.25, -0.2) is 0 Å². The van der Waals surface area contributed by atoms with E-state index >= 15 is 0 Å². The molecule has 0 aliphatic heterocycles. The second kappa shape index (κ2) is 6.08. The third kappa shape index (κ3) is 3.87. The van der Waals surface area contributed by atoms with Gasteiger partial charge in [-0.2, -0.15) is 0 Å². The number of hydrogen-bond acceptors (Lipinski definition) is 5. The quantitative estimate of drug-likeness (QED) is 0.802. The Labute approximate surface area is 110 Å². The lowest BCUT2D eigenvalue weighted by molar-refractivity contribution is -0.137. The highest BCUT2D eigenvalue weighted by atomic mass is 16.4. The average Bonchev–Trinajstić information content (AvgIpc) is 2.83. The Balaban J connectivity index is 1.94. The summed E-state index contributed by atoms with van der Waals surface area (Å²) in [4.78, 5) is 14.4. The second-order valence-electron chi connectivity index (χ2n) is 4.35. The molecular weight excluding hydrogens is 246 g/mol. The Hall–Kier alpha value is -2.24. The van der Waals surface area contributed by atoms with Crippen LogP contribution in [0.1, 0.15) is 30.7 Å². The van der Waals surface area contributed by atoms with Gasteiger partial charge in [0.1, 0.15) is 0 Å². The first kappa shape index (κ1) is 13.2. The number of aryl methyl sites for hydroxylation is 2. The number of carboxylic acid groups (broad SMARTS) is 1. The van der Waals surface area contributed by atoms with Crippen molar-refractivity contribution in [3.8, 4) is 11.5 Å². The molecule has 2 aromatic rings. The third-order valence-electron chi connectivity index (χ3n) is 2.62. The second-order valence-corrected chi connectivity index (χ2v) is 4.35. The summed E-state index contributed by atoms with van der Waals surface area (Å²) in [6, 6.07) is 1.93. The molecule has 0 saturated heterocycles. The number of nitrogens with zero attached hydrogens (tertiary/aromatic N) is 3. The molecule has 0 unspecified atom stereocenters. The molecule has 1 N–H and O–H groups in total. The van der Waals surface area contributed by atoms with Gasteiger partial charge in [0.2, 0.25) is 11.8 Å². The Bertz CT molecular complexity index is 566. The Morgan fingerprint density at radius 1 is 1.32 bits per heavy atom. The van der Waals surface area contributed by atoms with Gasteiger partial charge in [-0.3, -0.25) is 9.78 Å². The molecule has 6 heteroatoms. The maximum Gasteiger partial charge on any atom is 0.303 e. The van der Waals surface area contributed by atoms with E-state index in [1.54, 1.807) is 12.4 Å². The maximum absolute atomic E-state index is 10.4. The molecule has 2 aromatic heterocycles. The fraction of sp³-hybridized carbons (Fsp3) is 0.385. The molecule has 19 heavy (non-hydrogen) atoms. The van der Waals surface area contributed by atoms with Crippen molar-refractivity contribution in [2.45, 2.75) is 32.6 Å². The number of hydrogen-bond donors (Lipinski definition) is 1. The first-order valence-corrected chi connectivity index (χ1v) is 6.11. The van der Waals surface area contributed by atoms with Crippen molar-refractivity contribution in [1.82, 2.24) is 15.2 Å². The Kier molecular flexibility index (Phi) is 4.22. The molecule has 0 saturated carbocycles. The van der Waals surface area contributed by atoms with E-state index in [4.69, 9.17) is 9.52 Å². The van der Waals surface area contributed by atoms with Gasteiger partial charge in [0.05, 0.1) is 5.56 Å². The van der Waals surface area contributed by atoms with Crippen molar-refractivity contribution in [1.29, 1.82) is 0 Å². The molecule has 0 aliphatic rings. The summed E-state index contributed by atoms with van der Waals surface area (Å²) in [5, 5.41) is 16.4.